The second kappa shape index (κ2) is 5.24. The molecule has 0 saturated heterocycles. The fraction of sp³-hybridized carbons (Fsp3) is 0.286. The van der Waals surface area contributed by atoms with E-state index in [0.29, 0.717) is 24.7 Å². The van der Waals surface area contributed by atoms with Gasteiger partial charge in [0.25, 0.3) is 0 Å². The van der Waals surface area contributed by atoms with E-state index in [-0.39, 0.29) is 6.54 Å². The molecule has 1 N–H and O–H groups in total. The largest absolute Gasteiger partial charge is 0.490 e. The first kappa shape index (κ1) is 12.5. The minimum Gasteiger partial charge on any atom is -0.490 e. The van der Waals surface area contributed by atoms with Crippen molar-refractivity contribution in [2.45, 2.75) is 13.0 Å². The highest BCUT2D eigenvalue weighted by atomic mass is 16.5. The molecule has 0 bridgehead atoms. The molecule has 2 aromatic rings. The maximum atomic E-state index is 10.7. The lowest BCUT2D eigenvalue weighted by Gasteiger charge is -2.08. The van der Waals surface area contributed by atoms with Gasteiger partial charge in [-0.3, -0.25) is 4.79 Å². The maximum Gasteiger partial charge on any atom is 0.323 e. The van der Waals surface area contributed by atoms with Crippen molar-refractivity contribution in [1.82, 2.24) is 9.55 Å². The summed E-state index contributed by atoms with van der Waals surface area (Å²) in [5, 5.41) is 8.75. The van der Waals surface area contributed by atoms with Crippen LogP contribution in [0.15, 0.2) is 30.7 Å². The molecule has 6 heteroatoms. The van der Waals surface area contributed by atoms with Crippen LogP contribution in [0, 0.1) is 0 Å². The van der Waals surface area contributed by atoms with E-state index in [4.69, 9.17) is 14.6 Å². The Morgan fingerprint density at radius 3 is 2.90 bits per heavy atom. The first-order valence-corrected chi connectivity index (χ1v) is 6.36. The minimum atomic E-state index is -0.896. The molecule has 0 unspecified atom stereocenters. The molecule has 20 heavy (non-hydrogen) atoms. The number of aromatic nitrogens is 2. The fourth-order valence-corrected chi connectivity index (χ4v) is 2.07. The van der Waals surface area contributed by atoms with Crippen molar-refractivity contribution in [1.29, 1.82) is 0 Å². The highest BCUT2D eigenvalue weighted by Crippen LogP contribution is 2.33. The number of hydrogen-bond donors (Lipinski definition) is 1. The van der Waals surface area contributed by atoms with E-state index in [1.54, 1.807) is 6.20 Å². The molecular formula is C14H14N2O4. The van der Waals surface area contributed by atoms with E-state index >= 15 is 0 Å². The Morgan fingerprint density at radius 1 is 1.30 bits per heavy atom. The van der Waals surface area contributed by atoms with E-state index in [1.165, 1.54) is 10.9 Å². The van der Waals surface area contributed by atoms with Gasteiger partial charge >= 0.3 is 5.97 Å². The summed E-state index contributed by atoms with van der Waals surface area (Å²) >= 11 is 0. The lowest BCUT2D eigenvalue weighted by Crippen LogP contribution is -2.06. The third-order valence-electron chi connectivity index (χ3n) is 2.99. The van der Waals surface area contributed by atoms with Crippen molar-refractivity contribution in [2.75, 3.05) is 13.2 Å². The first-order valence-electron chi connectivity index (χ1n) is 6.36. The Labute approximate surface area is 115 Å². The van der Waals surface area contributed by atoms with E-state index in [2.05, 4.69) is 4.98 Å². The zero-order valence-corrected chi connectivity index (χ0v) is 10.8. The number of carbonyl (C=O) groups is 1. The molecule has 0 amide bonds. The molecular weight excluding hydrogens is 260 g/mol. The van der Waals surface area contributed by atoms with Gasteiger partial charge in [0.05, 0.1) is 25.2 Å². The van der Waals surface area contributed by atoms with Gasteiger partial charge in [-0.2, -0.15) is 0 Å². The maximum absolute atomic E-state index is 10.7. The molecule has 1 aliphatic heterocycles. The van der Waals surface area contributed by atoms with Gasteiger partial charge < -0.3 is 19.1 Å². The molecule has 0 spiro atoms. The summed E-state index contributed by atoms with van der Waals surface area (Å²) in [5.41, 5.74) is 1.58. The van der Waals surface area contributed by atoms with E-state index in [0.717, 1.165) is 17.7 Å². The molecule has 0 saturated carbocycles. The van der Waals surface area contributed by atoms with Gasteiger partial charge in [-0.25, -0.2) is 4.98 Å². The summed E-state index contributed by atoms with van der Waals surface area (Å²) in [4.78, 5) is 14.9. The van der Waals surface area contributed by atoms with Crippen molar-refractivity contribution in [3.8, 4) is 22.8 Å². The highest BCUT2D eigenvalue weighted by Gasteiger charge is 2.12. The molecule has 3 rings (SSSR count). The van der Waals surface area contributed by atoms with Crippen LogP contribution in [0.5, 0.6) is 11.5 Å². The molecule has 0 radical (unpaired) electrons. The van der Waals surface area contributed by atoms with Crippen LogP contribution in [-0.2, 0) is 11.3 Å². The van der Waals surface area contributed by atoms with Crippen LogP contribution in [0.25, 0.3) is 11.3 Å². The second-order valence-corrected chi connectivity index (χ2v) is 4.54. The summed E-state index contributed by atoms with van der Waals surface area (Å²) in [6, 6.07) is 5.61. The molecule has 0 fully saturated rings. The molecule has 1 aromatic carbocycles. The zero-order chi connectivity index (χ0) is 13.9. The Morgan fingerprint density at radius 2 is 2.10 bits per heavy atom. The number of imidazole rings is 1. The highest BCUT2D eigenvalue weighted by molar-refractivity contribution is 5.67. The number of ether oxygens (including phenoxy) is 2. The zero-order valence-electron chi connectivity index (χ0n) is 10.8. The third-order valence-corrected chi connectivity index (χ3v) is 2.99. The number of carboxylic acid groups (broad SMARTS) is 1. The van der Waals surface area contributed by atoms with Crippen LogP contribution in [0.1, 0.15) is 6.42 Å². The van der Waals surface area contributed by atoms with Crippen LogP contribution >= 0.6 is 0 Å². The van der Waals surface area contributed by atoms with Gasteiger partial charge in [0.2, 0.25) is 0 Å². The van der Waals surface area contributed by atoms with E-state index in [9.17, 15) is 4.79 Å². The van der Waals surface area contributed by atoms with Crippen LogP contribution in [-0.4, -0.2) is 33.8 Å². The number of rotatable bonds is 3. The fourth-order valence-electron chi connectivity index (χ4n) is 2.07. The molecule has 0 atom stereocenters. The Balaban J connectivity index is 1.88. The number of nitrogens with zero attached hydrogens (tertiary/aromatic N) is 2. The molecule has 104 valence electrons. The molecule has 0 aliphatic carbocycles. The van der Waals surface area contributed by atoms with Crippen molar-refractivity contribution in [2.24, 2.45) is 0 Å². The van der Waals surface area contributed by atoms with Gasteiger partial charge in [0.1, 0.15) is 6.54 Å². The van der Waals surface area contributed by atoms with Crippen molar-refractivity contribution < 1.29 is 19.4 Å². The van der Waals surface area contributed by atoms with Gasteiger partial charge in [-0.15, -0.1) is 0 Å². The van der Waals surface area contributed by atoms with Gasteiger partial charge in [-0.05, 0) is 18.2 Å². The normalized spacial score (nSPS) is 13.8. The second-order valence-electron chi connectivity index (χ2n) is 4.54. The number of fused-ring (bicyclic) bond motifs is 1. The number of aliphatic carboxylic acids is 1. The number of carboxylic acids is 1. The summed E-state index contributed by atoms with van der Waals surface area (Å²) in [5.74, 6) is 0.539. The lowest BCUT2D eigenvalue weighted by molar-refractivity contribution is -0.137. The van der Waals surface area contributed by atoms with Crippen molar-refractivity contribution >= 4 is 5.97 Å². The molecule has 1 aliphatic rings. The predicted octanol–water partition coefficient (Wildman–Crippen LogP) is 1.80. The summed E-state index contributed by atoms with van der Waals surface area (Å²) in [7, 11) is 0. The van der Waals surface area contributed by atoms with Crippen LogP contribution in [0.2, 0.25) is 0 Å². The van der Waals surface area contributed by atoms with E-state index < -0.39 is 5.97 Å². The molecule has 6 nitrogen and oxygen atoms in total. The smallest absolute Gasteiger partial charge is 0.323 e. The quantitative estimate of drug-likeness (QED) is 0.923. The average molecular weight is 274 g/mol. The molecule has 2 heterocycles. The third kappa shape index (κ3) is 2.59. The van der Waals surface area contributed by atoms with Crippen molar-refractivity contribution in [3.63, 3.8) is 0 Å². The topological polar surface area (TPSA) is 73.6 Å². The summed E-state index contributed by atoms with van der Waals surface area (Å²) in [6.45, 7) is 1.18. The van der Waals surface area contributed by atoms with Gasteiger partial charge in [0.15, 0.2) is 11.5 Å². The Bertz CT molecular complexity index is 636. The molecule has 1 aromatic heterocycles. The number of benzene rings is 1. The Kier molecular flexibility index (Phi) is 3.28. The Hall–Kier alpha value is -2.50. The van der Waals surface area contributed by atoms with E-state index in [1.807, 2.05) is 18.2 Å². The van der Waals surface area contributed by atoms with Gasteiger partial charge in [-0.1, -0.05) is 0 Å². The minimum absolute atomic E-state index is 0.0997. The van der Waals surface area contributed by atoms with Crippen molar-refractivity contribution in [3.05, 3.63) is 30.7 Å². The first-order chi connectivity index (χ1) is 9.72. The summed E-state index contributed by atoms with van der Waals surface area (Å²) in [6.07, 6.45) is 4.07. The SMILES string of the molecule is O=C(O)Cn1cnc(-c2ccc3c(c2)OCCCO3)c1. The van der Waals surface area contributed by atoms with Crippen LogP contribution < -0.4 is 9.47 Å². The average Bonchev–Trinajstić information content (AvgIpc) is 2.74. The van der Waals surface area contributed by atoms with Crippen LogP contribution in [0.4, 0.5) is 0 Å². The predicted molar refractivity (Wildman–Crippen MR) is 70.9 cm³/mol. The monoisotopic (exact) mass is 274 g/mol. The summed E-state index contributed by atoms with van der Waals surface area (Å²) < 4.78 is 12.7. The number of hydrogen-bond acceptors (Lipinski definition) is 4. The lowest BCUT2D eigenvalue weighted by atomic mass is 10.1. The van der Waals surface area contributed by atoms with Gasteiger partial charge in [0, 0.05) is 18.2 Å². The van der Waals surface area contributed by atoms with Crippen LogP contribution in [0.3, 0.4) is 0 Å². The standard InChI is InChI=1S/C14H14N2O4/c17-14(18)8-16-7-11(15-9-16)10-2-3-12-13(6-10)20-5-1-4-19-12/h2-3,6-7,9H,1,4-5,8H2,(H,17,18).